The van der Waals surface area contributed by atoms with Crippen LogP contribution < -0.4 is 16.4 Å². The molecule has 0 aromatic rings. The zero-order valence-electron chi connectivity index (χ0n) is 9.67. The molecule has 2 atom stereocenters. The minimum absolute atomic E-state index is 0.122. The fourth-order valence-corrected chi connectivity index (χ4v) is 1.24. The SMILES string of the molecule is CCC(CN)CC(=O)NC(C)C(=O)NC. The fraction of sp³-hybridized carbons (Fsp3) is 0.800. The van der Waals surface area contributed by atoms with E-state index in [1.807, 2.05) is 6.92 Å². The van der Waals surface area contributed by atoms with Crippen LogP contribution in [-0.4, -0.2) is 31.4 Å². The maximum Gasteiger partial charge on any atom is 0.242 e. The van der Waals surface area contributed by atoms with Crippen molar-refractivity contribution in [2.24, 2.45) is 11.7 Å². The number of nitrogens with two attached hydrogens (primary N) is 1. The number of nitrogens with one attached hydrogen (secondary N) is 2. The minimum atomic E-state index is -0.488. The summed E-state index contributed by atoms with van der Waals surface area (Å²) in [6.45, 7) is 4.14. The van der Waals surface area contributed by atoms with Crippen molar-refractivity contribution in [3.63, 3.8) is 0 Å². The zero-order valence-corrected chi connectivity index (χ0v) is 9.67. The third-order valence-electron chi connectivity index (χ3n) is 2.40. The van der Waals surface area contributed by atoms with E-state index in [9.17, 15) is 9.59 Å². The molecule has 0 bridgehead atoms. The highest BCUT2D eigenvalue weighted by Gasteiger charge is 2.16. The highest BCUT2D eigenvalue weighted by Crippen LogP contribution is 2.05. The van der Waals surface area contributed by atoms with Crippen LogP contribution in [0.25, 0.3) is 0 Å². The van der Waals surface area contributed by atoms with Crippen LogP contribution >= 0.6 is 0 Å². The van der Waals surface area contributed by atoms with Crippen LogP contribution in [0.1, 0.15) is 26.7 Å². The van der Waals surface area contributed by atoms with Gasteiger partial charge in [0, 0.05) is 13.5 Å². The summed E-state index contributed by atoms with van der Waals surface area (Å²) in [6.07, 6.45) is 1.26. The molecule has 15 heavy (non-hydrogen) atoms. The summed E-state index contributed by atoms with van der Waals surface area (Å²) in [5.74, 6) is -0.116. The molecule has 5 nitrogen and oxygen atoms in total. The second-order valence-electron chi connectivity index (χ2n) is 3.62. The van der Waals surface area contributed by atoms with Crippen molar-refractivity contribution < 1.29 is 9.59 Å². The molecule has 88 valence electrons. The molecule has 2 amide bonds. The Bertz CT molecular complexity index is 215. The van der Waals surface area contributed by atoms with Gasteiger partial charge in [-0.1, -0.05) is 13.3 Å². The summed E-state index contributed by atoms with van der Waals surface area (Å²) >= 11 is 0. The molecule has 0 saturated heterocycles. The van der Waals surface area contributed by atoms with Crippen LogP contribution in [0.5, 0.6) is 0 Å². The van der Waals surface area contributed by atoms with Crippen LogP contribution in [0, 0.1) is 5.92 Å². The predicted octanol–water partition coefficient (Wildman–Crippen LogP) is -0.388. The number of rotatable bonds is 6. The van der Waals surface area contributed by atoms with E-state index in [1.165, 1.54) is 0 Å². The third kappa shape index (κ3) is 5.37. The van der Waals surface area contributed by atoms with Crippen LogP contribution in [0.2, 0.25) is 0 Å². The fourth-order valence-electron chi connectivity index (χ4n) is 1.24. The van der Waals surface area contributed by atoms with E-state index >= 15 is 0 Å². The Kier molecular flexibility index (Phi) is 6.70. The maximum atomic E-state index is 11.5. The highest BCUT2D eigenvalue weighted by molar-refractivity contribution is 5.87. The Hall–Kier alpha value is -1.10. The van der Waals surface area contributed by atoms with Crippen LogP contribution in [0.3, 0.4) is 0 Å². The Labute approximate surface area is 90.8 Å². The molecule has 0 fully saturated rings. The van der Waals surface area contributed by atoms with Crippen molar-refractivity contribution in [3.05, 3.63) is 0 Å². The quantitative estimate of drug-likeness (QED) is 0.564. The molecule has 4 N–H and O–H groups in total. The van der Waals surface area contributed by atoms with Crippen molar-refractivity contribution >= 4 is 11.8 Å². The van der Waals surface area contributed by atoms with Gasteiger partial charge in [0.2, 0.25) is 11.8 Å². The minimum Gasteiger partial charge on any atom is -0.357 e. The molecular weight excluding hydrogens is 194 g/mol. The Balaban J connectivity index is 3.97. The molecule has 0 aliphatic carbocycles. The molecule has 5 heteroatoms. The molecule has 0 rings (SSSR count). The number of hydrogen-bond donors (Lipinski definition) is 3. The molecule has 0 aliphatic rings. The number of hydrogen-bond acceptors (Lipinski definition) is 3. The van der Waals surface area contributed by atoms with Gasteiger partial charge in [-0.2, -0.15) is 0 Å². The van der Waals surface area contributed by atoms with E-state index in [4.69, 9.17) is 5.73 Å². The molecule has 0 radical (unpaired) electrons. The topological polar surface area (TPSA) is 84.2 Å². The van der Waals surface area contributed by atoms with Crippen LogP contribution in [-0.2, 0) is 9.59 Å². The van der Waals surface area contributed by atoms with Crippen molar-refractivity contribution in [1.82, 2.24) is 10.6 Å². The van der Waals surface area contributed by atoms with E-state index in [-0.39, 0.29) is 17.7 Å². The molecule has 0 saturated carbocycles. The molecule has 2 unspecified atom stereocenters. The summed E-state index contributed by atoms with van der Waals surface area (Å²) in [5.41, 5.74) is 5.49. The van der Waals surface area contributed by atoms with Gasteiger partial charge in [-0.05, 0) is 19.4 Å². The second-order valence-corrected chi connectivity index (χ2v) is 3.62. The van der Waals surface area contributed by atoms with E-state index < -0.39 is 6.04 Å². The van der Waals surface area contributed by atoms with Crippen LogP contribution in [0.15, 0.2) is 0 Å². The van der Waals surface area contributed by atoms with E-state index in [0.29, 0.717) is 13.0 Å². The smallest absolute Gasteiger partial charge is 0.242 e. The van der Waals surface area contributed by atoms with Gasteiger partial charge in [-0.3, -0.25) is 9.59 Å². The third-order valence-corrected chi connectivity index (χ3v) is 2.40. The van der Waals surface area contributed by atoms with Crippen molar-refractivity contribution in [3.8, 4) is 0 Å². The monoisotopic (exact) mass is 215 g/mol. The second kappa shape index (κ2) is 7.23. The Morgan fingerprint density at radius 1 is 1.40 bits per heavy atom. The van der Waals surface area contributed by atoms with Gasteiger partial charge in [0.25, 0.3) is 0 Å². The molecule has 0 aromatic heterocycles. The first-order valence-corrected chi connectivity index (χ1v) is 5.26. The molecule has 0 heterocycles. The molecular formula is C10H21N3O2. The van der Waals surface area contributed by atoms with E-state index in [0.717, 1.165) is 6.42 Å². The van der Waals surface area contributed by atoms with Gasteiger partial charge in [0.15, 0.2) is 0 Å². The Morgan fingerprint density at radius 2 is 2.00 bits per heavy atom. The first-order chi connectivity index (χ1) is 7.04. The van der Waals surface area contributed by atoms with Crippen LogP contribution in [0.4, 0.5) is 0 Å². The van der Waals surface area contributed by atoms with Gasteiger partial charge < -0.3 is 16.4 Å². The largest absolute Gasteiger partial charge is 0.357 e. The number of carbonyl (C=O) groups is 2. The highest BCUT2D eigenvalue weighted by atomic mass is 16.2. The van der Waals surface area contributed by atoms with Crippen molar-refractivity contribution in [1.29, 1.82) is 0 Å². The normalized spacial score (nSPS) is 14.1. The maximum absolute atomic E-state index is 11.5. The lowest BCUT2D eigenvalue weighted by atomic mass is 10.0. The lowest BCUT2D eigenvalue weighted by molar-refractivity contribution is -0.128. The average Bonchev–Trinajstić information content (AvgIpc) is 2.24. The molecule has 0 aromatic carbocycles. The van der Waals surface area contributed by atoms with E-state index in [1.54, 1.807) is 14.0 Å². The van der Waals surface area contributed by atoms with Gasteiger partial charge in [-0.25, -0.2) is 0 Å². The summed E-state index contributed by atoms with van der Waals surface area (Å²) in [4.78, 5) is 22.6. The summed E-state index contributed by atoms with van der Waals surface area (Å²) in [7, 11) is 1.54. The first kappa shape index (κ1) is 13.9. The number of carbonyl (C=O) groups excluding carboxylic acids is 2. The van der Waals surface area contributed by atoms with Crippen molar-refractivity contribution in [2.75, 3.05) is 13.6 Å². The number of amides is 2. The number of likely N-dealkylation sites (N-methyl/N-ethyl adjacent to an activating group) is 1. The van der Waals surface area contributed by atoms with E-state index in [2.05, 4.69) is 10.6 Å². The van der Waals surface area contributed by atoms with Gasteiger partial charge >= 0.3 is 0 Å². The first-order valence-electron chi connectivity index (χ1n) is 5.26. The predicted molar refractivity (Wildman–Crippen MR) is 59.1 cm³/mol. The van der Waals surface area contributed by atoms with Crippen molar-refractivity contribution in [2.45, 2.75) is 32.7 Å². The van der Waals surface area contributed by atoms with Gasteiger partial charge in [0.1, 0.15) is 6.04 Å². The van der Waals surface area contributed by atoms with Gasteiger partial charge in [0.05, 0.1) is 0 Å². The average molecular weight is 215 g/mol. The molecule has 0 aliphatic heterocycles. The molecule has 0 spiro atoms. The lowest BCUT2D eigenvalue weighted by Crippen LogP contribution is -2.44. The lowest BCUT2D eigenvalue weighted by Gasteiger charge is -2.15. The summed E-state index contributed by atoms with van der Waals surface area (Å²) < 4.78 is 0. The summed E-state index contributed by atoms with van der Waals surface area (Å²) in [5, 5.41) is 5.10. The standard InChI is InChI=1S/C10H21N3O2/c1-4-8(6-11)5-9(14)13-7(2)10(15)12-3/h7-8H,4-6,11H2,1-3H3,(H,12,15)(H,13,14). The summed E-state index contributed by atoms with van der Waals surface area (Å²) in [6, 6.07) is -0.488. The Morgan fingerprint density at radius 3 is 2.40 bits per heavy atom. The van der Waals surface area contributed by atoms with Gasteiger partial charge in [-0.15, -0.1) is 0 Å². The zero-order chi connectivity index (χ0) is 11.8.